The number of primary amides is 1. The number of nitrogens with two attached hydrogens (primary N) is 1. The van der Waals surface area contributed by atoms with E-state index >= 15 is 0 Å². The lowest BCUT2D eigenvalue weighted by molar-refractivity contribution is -0.171. The summed E-state index contributed by atoms with van der Waals surface area (Å²) in [5, 5.41) is 0. The van der Waals surface area contributed by atoms with Gasteiger partial charge in [-0.1, -0.05) is 0 Å². The largest absolute Gasteiger partial charge is 0.369 e. The van der Waals surface area contributed by atoms with E-state index in [1.54, 1.807) is 11.3 Å². The minimum atomic E-state index is -0.142. The van der Waals surface area contributed by atoms with Crippen LogP contribution in [0.2, 0.25) is 0 Å². The molecule has 3 fully saturated rings. The van der Waals surface area contributed by atoms with Crippen LogP contribution in [0.4, 0.5) is 0 Å². The number of carbonyl (C=O) groups is 1. The molecule has 3 aliphatic rings. The summed E-state index contributed by atoms with van der Waals surface area (Å²) < 4.78 is 0. The molecule has 1 aromatic rings. The van der Waals surface area contributed by atoms with Gasteiger partial charge < -0.3 is 5.73 Å². The summed E-state index contributed by atoms with van der Waals surface area (Å²) in [7, 11) is 0. The van der Waals surface area contributed by atoms with Gasteiger partial charge in [0, 0.05) is 10.3 Å². The van der Waals surface area contributed by atoms with Gasteiger partial charge in [0.05, 0.1) is 16.6 Å². The summed E-state index contributed by atoms with van der Waals surface area (Å²) in [6.45, 7) is 2.04. The molecule has 3 nitrogen and oxygen atoms in total. The number of hydrogen-bond donors (Lipinski definition) is 1. The number of thiazole rings is 1. The molecule has 14 heavy (non-hydrogen) atoms. The van der Waals surface area contributed by atoms with Crippen molar-refractivity contribution in [2.75, 3.05) is 0 Å². The van der Waals surface area contributed by atoms with E-state index in [4.69, 9.17) is 5.73 Å². The molecule has 3 aliphatic carbocycles. The van der Waals surface area contributed by atoms with Crippen molar-refractivity contribution < 1.29 is 4.79 Å². The van der Waals surface area contributed by atoms with Crippen LogP contribution in [0.3, 0.4) is 0 Å². The van der Waals surface area contributed by atoms with E-state index in [2.05, 4.69) is 4.98 Å². The highest BCUT2D eigenvalue weighted by Gasteiger charge is 2.72. The van der Waals surface area contributed by atoms with Crippen LogP contribution in [0.25, 0.3) is 0 Å². The van der Waals surface area contributed by atoms with Gasteiger partial charge in [0.1, 0.15) is 0 Å². The third-order valence-electron chi connectivity index (χ3n) is 3.78. The lowest BCUT2D eigenvalue weighted by Gasteiger charge is -2.68. The third-order valence-corrected chi connectivity index (χ3v) is 4.96. The van der Waals surface area contributed by atoms with Crippen molar-refractivity contribution in [1.82, 2.24) is 4.98 Å². The molecule has 0 saturated heterocycles. The maximum absolute atomic E-state index is 11.1. The quantitative estimate of drug-likeness (QED) is 0.797. The first kappa shape index (κ1) is 8.41. The zero-order chi connectivity index (χ0) is 9.97. The van der Waals surface area contributed by atoms with Gasteiger partial charge in [-0.15, -0.1) is 11.3 Å². The van der Waals surface area contributed by atoms with Gasteiger partial charge in [-0.05, 0) is 26.2 Å². The zero-order valence-electron chi connectivity index (χ0n) is 8.04. The Balaban J connectivity index is 1.88. The molecule has 0 unspecified atom stereocenters. The Kier molecular flexibility index (Phi) is 1.31. The van der Waals surface area contributed by atoms with Gasteiger partial charge in [-0.25, -0.2) is 4.98 Å². The van der Waals surface area contributed by atoms with E-state index in [0.29, 0.717) is 0 Å². The Labute approximate surface area is 86.3 Å². The van der Waals surface area contributed by atoms with Crippen molar-refractivity contribution in [3.05, 3.63) is 16.1 Å². The normalized spacial score (nSPS) is 38.6. The summed E-state index contributed by atoms with van der Waals surface area (Å²) in [6, 6.07) is 0. The molecule has 1 heterocycles. The van der Waals surface area contributed by atoms with E-state index in [-0.39, 0.29) is 16.7 Å². The fraction of sp³-hybridized carbons (Fsp3) is 0.600. The first-order chi connectivity index (χ1) is 6.58. The summed E-state index contributed by atoms with van der Waals surface area (Å²) in [6.07, 6.45) is 2.87. The van der Waals surface area contributed by atoms with Crippen molar-refractivity contribution >= 4 is 17.2 Å². The maximum Gasteiger partial charge on any atom is 0.223 e. The van der Waals surface area contributed by atoms with E-state index in [1.165, 1.54) is 4.88 Å². The number of amides is 1. The topological polar surface area (TPSA) is 56.0 Å². The van der Waals surface area contributed by atoms with Gasteiger partial charge in [0.15, 0.2) is 0 Å². The average Bonchev–Trinajstić information content (AvgIpc) is 2.30. The molecular weight excluding hydrogens is 196 g/mol. The van der Waals surface area contributed by atoms with Crippen LogP contribution in [-0.2, 0) is 10.2 Å². The van der Waals surface area contributed by atoms with Gasteiger partial charge >= 0.3 is 0 Å². The van der Waals surface area contributed by atoms with Crippen LogP contribution in [0.5, 0.6) is 0 Å². The fourth-order valence-electron chi connectivity index (χ4n) is 3.10. The molecule has 1 aromatic heterocycles. The van der Waals surface area contributed by atoms with Crippen LogP contribution < -0.4 is 5.73 Å². The Morgan fingerprint density at radius 1 is 1.57 bits per heavy atom. The van der Waals surface area contributed by atoms with Crippen LogP contribution >= 0.6 is 11.3 Å². The Bertz CT molecular complexity index is 404. The molecule has 2 bridgehead atoms. The molecular formula is C10H12N2OS. The zero-order valence-corrected chi connectivity index (χ0v) is 8.86. The van der Waals surface area contributed by atoms with Crippen LogP contribution in [0.15, 0.2) is 5.51 Å². The molecule has 3 saturated carbocycles. The predicted octanol–water partition coefficient (Wildman–Crippen LogP) is 1.36. The number of hydrogen-bond acceptors (Lipinski definition) is 3. The number of carbonyl (C=O) groups excluding carboxylic acids is 1. The SMILES string of the molecule is Cc1ncsc1C12CC(C(N)=O)(C1)C2. The summed E-state index contributed by atoms with van der Waals surface area (Å²) >= 11 is 1.72. The molecule has 1 amide bonds. The van der Waals surface area contributed by atoms with E-state index < -0.39 is 0 Å². The van der Waals surface area contributed by atoms with Gasteiger partial charge in [0.25, 0.3) is 0 Å². The second-order valence-corrected chi connectivity index (χ2v) is 5.58. The second-order valence-electron chi connectivity index (χ2n) is 4.72. The fourth-order valence-corrected chi connectivity index (χ4v) is 4.11. The third kappa shape index (κ3) is 0.741. The van der Waals surface area contributed by atoms with Gasteiger partial charge in [-0.3, -0.25) is 4.79 Å². The number of aromatic nitrogens is 1. The van der Waals surface area contributed by atoms with Crippen molar-refractivity contribution in [1.29, 1.82) is 0 Å². The molecule has 0 aliphatic heterocycles. The van der Waals surface area contributed by atoms with Crippen LogP contribution in [0, 0.1) is 12.3 Å². The average molecular weight is 208 g/mol. The standard InChI is InChI=1S/C10H12N2OS/c1-6-7(14-5-12-6)9-2-10(3-9,4-9)8(11)13/h5H,2-4H2,1H3,(H2,11,13). The number of aryl methyl sites for hydroxylation is 1. The van der Waals surface area contributed by atoms with Crippen LogP contribution in [0.1, 0.15) is 29.8 Å². The second kappa shape index (κ2) is 2.19. The number of rotatable bonds is 2. The first-order valence-corrected chi connectivity index (χ1v) is 5.67. The molecule has 4 heteroatoms. The van der Waals surface area contributed by atoms with Gasteiger partial charge in [0.2, 0.25) is 5.91 Å². The first-order valence-electron chi connectivity index (χ1n) is 4.79. The highest BCUT2D eigenvalue weighted by atomic mass is 32.1. The molecule has 2 N–H and O–H groups in total. The monoisotopic (exact) mass is 208 g/mol. The van der Waals surface area contributed by atoms with E-state index in [0.717, 1.165) is 25.0 Å². The Morgan fingerprint density at radius 3 is 2.64 bits per heavy atom. The summed E-state index contributed by atoms with van der Waals surface area (Å²) in [4.78, 5) is 16.8. The van der Waals surface area contributed by atoms with E-state index in [9.17, 15) is 4.79 Å². The van der Waals surface area contributed by atoms with Crippen molar-refractivity contribution in [2.24, 2.45) is 11.1 Å². The van der Waals surface area contributed by atoms with Gasteiger partial charge in [-0.2, -0.15) is 0 Å². The Hall–Kier alpha value is -0.900. The number of nitrogens with zero attached hydrogens (tertiary/aromatic N) is 1. The maximum atomic E-state index is 11.1. The van der Waals surface area contributed by atoms with Crippen LogP contribution in [-0.4, -0.2) is 10.9 Å². The lowest BCUT2D eigenvalue weighted by Crippen LogP contribution is -2.69. The lowest BCUT2D eigenvalue weighted by atomic mass is 9.34. The molecule has 0 aromatic carbocycles. The predicted molar refractivity (Wildman–Crippen MR) is 54.0 cm³/mol. The Morgan fingerprint density at radius 2 is 2.21 bits per heavy atom. The van der Waals surface area contributed by atoms with Crippen molar-refractivity contribution in [3.8, 4) is 0 Å². The minimum absolute atomic E-state index is 0.110. The smallest absolute Gasteiger partial charge is 0.223 e. The van der Waals surface area contributed by atoms with E-state index in [1.807, 2.05) is 12.4 Å². The highest BCUT2D eigenvalue weighted by molar-refractivity contribution is 7.10. The molecule has 74 valence electrons. The molecule has 4 rings (SSSR count). The minimum Gasteiger partial charge on any atom is -0.369 e. The molecule has 0 spiro atoms. The molecule has 0 atom stereocenters. The summed E-state index contributed by atoms with van der Waals surface area (Å²) in [5.74, 6) is -0.110. The highest BCUT2D eigenvalue weighted by Crippen LogP contribution is 2.74. The van der Waals surface area contributed by atoms with Crippen molar-refractivity contribution in [3.63, 3.8) is 0 Å². The summed E-state index contributed by atoms with van der Waals surface area (Å²) in [5.41, 5.74) is 8.53. The molecule has 0 radical (unpaired) electrons. The van der Waals surface area contributed by atoms with Crippen molar-refractivity contribution in [2.45, 2.75) is 31.6 Å².